The van der Waals surface area contributed by atoms with Crippen molar-refractivity contribution in [1.29, 1.82) is 0 Å². The first-order valence-corrected chi connectivity index (χ1v) is 9.37. The van der Waals surface area contributed by atoms with Crippen LogP contribution in [0.4, 0.5) is 0 Å². The summed E-state index contributed by atoms with van der Waals surface area (Å²) in [5.41, 5.74) is 1.38. The fourth-order valence-corrected chi connectivity index (χ4v) is 3.02. The molecule has 1 unspecified atom stereocenters. The first-order valence-electron chi connectivity index (χ1n) is 9.37. The molecular formula is C22H29NO6. The molecule has 7 nitrogen and oxygen atoms in total. The van der Waals surface area contributed by atoms with Crippen molar-refractivity contribution in [3.63, 3.8) is 0 Å². The molecule has 2 aromatic rings. The third kappa shape index (κ3) is 5.47. The van der Waals surface area contributed by atoms with Gasteiger partial charge in [0.05, 0.1) is 40.6 Å². The zero-order valence-corrected chi connectivity index (χ0v) is 17.8. The van der Waals surface area contributed by atoms with E-state index in [1.165, 1.54) is 14.2 Å². The molecule has 0 spiro atoms. The van der Waals surface area contributed by atoms with Crippen LogP contribution in [0.15, 0.2) is 30.3 Å². The summed E-state index contributed by atoms with van der Waals surface area (Å²) in [6, 6.07) is 8.91. The molecule has 158 valence electrons. The van der Waals surface area contributed by atoms with Gasteiger partial charge in [-0.2, -0.15) is 0 Å². The topological polar surface area (TPSA) is 75.3 Å². The number of hydrogen-bond acceptors (Lipinski definition) is 6. The van der Waals surface area contributed by atoms with E-state index in [9.17, 15) is 4.79 Å². The standard InChI is InChI=1S/C22H29NO6/c1-7-29-21-17(12-16(25-3)13-20(21)28-6)22(24)23-14(2)10-15-8-9-18(26-4)19(11-15)27-5/h8-9,11-14H,7,10H2,1-6H3,(H,23,24). The first kappa shape index (κ1) is 22.2. The monoisotopic (exact) mass is 403 g/mol. The van der Waals surface area contributed by atoms with Gasteiger partial charge < -0.3 is 29.0 Å². The number of ether oxygens (including phenoxy) is 5. The molecule has 2 aromatic carbocycles. The minimum atomic E-state index is -0.265. The Bertz CT molecular complexity index is 836. The SMILES string of the molecule is CCOc1c(OC)cc(OC)cc1C(=O)NC(C)Cc1ccc(OC)c(OC)c1. The van der Waals surface area contributed by atoms with E-state index in [0.717, 1.165) is 5.56 Å². The Labute approximate surface area is 171 Å². The number of carbonyl (C=O) groups excluding carboxylic acids is 1. The van der Waals surface area contributed by atoms with Crippen molar-refractivity contribution >= 4 is 5.91 Å². The summed E-state index contributed by atoms with van der Waals surface area (Å²) in [6.45, 7) is 4.20. The summed E-state index contributed by atoms with van der Waals surface area (Å²) in [6.07, 6.45) is 0.622. The van der Waals surface area contributed by atoms with E-state index in [2.05, 4.69) is 5.32 Å². The summed E-state index contributed by atoms with van der Waals surface area (Å²) in [4.78, 5) is 13.0. The van der Waals surface area contributed by atoms with Crippen LogP contribution in [0.25, 0.3) is 0 Å². The second-order valence-electron chi connectivity index (χ2n) is 6.41. The summed E-state index contributed by atoms with van der Waals surface area (Å²) >= 11 is 0. The van der Waals surface area contributed by atoms with Crippen LogP contribution in [-0.4, -0.2) is 47.0 Å². The number of amides is 1. The van der Waals surface area contributed by atoms with Gasteiger partial charge >= 0.3 is 0 Å². The maximum atomic E-state index is 13.0. The molecule has 1 atom stereocenters. The summed E-state index contributed by atoms with van der Waals surface area (Å²) in [5.74, 6) is 2.41. The number of hydrogen-bond donors (Lipinski definition) is 1. The Morgan fingerprint density at radius 1 is 0.931 bits per heavy atom. The van der Waals surface area contributed by atoms with Crippen molar-refractivity contribution in [3.05, 3.63) is 41.5 Å². The first-order chi connectivity index (χ1) is 14.0. The lowest BCUT2D eigenvalue weighted by Crippen LogP contribution is -2.34. The lowest BCUT2D eigenvalue weighted by atomic mass is 10.1. The zero-order valence-electron chi connectivity index (χ0n) is 17.8. The lowest BCUT2D eigenvalue weighted by molar-refractivity contribution is 0.0935. The average Bonchev–Trinajstić information content (AvgIpc) is 2.73. The van der Waals surface area contributed by atoms with Gasteiger partial charge in [0.2, 0.25) is 0 Å². The normalized spacial score (nSPS) is 11.4. The fourth-order valence-electron chi connectivity index (χ4n) is 3.02. The zero-order chi connectivity index (χ0) is 21.4. The minimum absolute atomic E-state index is 0.132. The van der Waals surface area contributed by atoms with E-state index in [-0.39, 0.29) is 11.9 Å². The molecule has 2 rings (SSSR count). The fraction of sp³-hybridized carbons (Fsp3) is 0.409. The molecule has 0 saturated carbocycles. The molecule has 1 amide bonds. The predicted octanol–water partition coefficient (Wildman–Crippen LogP) is 3.48. The lowest BCUT2D eigenvalue weighted by Gasteiger charge is -2.19. The van der Waals surface area contributed by atoms with E-state index in [1.54, 1.807) is 26.4 Å². The predicted molar refractivity (Wildman–Crippen MR) is 111 cm³/mol. The van der Waals surface area contributed by atoms with Crippen molar-refractivity contribution < 1.29 is 28.5 Å². The summed E-state index contributed by atoms with van der Waals surface area (Å²) in [7, 11) is 6.26. The average molecular weight is 403 g/mol. The van der Waals surface area contributed by atoms with Gasteiger partial charge in [0.15, 0.2) is 23.0 Å². The Hall–Kier alpha value is -3.09. The molecule has 0 aliphatic heterocycles. The highest BCUT2D eigenvalue weighted by Gasteiger charge is 2.21. The van der Waals surface area contributed by atoms with E-state index in [0.29, 0.717) is 47.3 Å². The second kappa shape index (κ2) is 10.5. The highest BCUT2D eigenvalue weighted by molar-refractivity contribution is 5.98. The molecule has 0 aromatic heterocycles. The van der Waals surface area contributed by atoms with Gasteiger partial charge in [0.25, 0.3) is 5.91 Å². The summed E-state index contributed by atoms with van der Waals surface area (Å²) in [5, 5.41) is 3.01. The second-order valence-corrected chi connectivity index (χ2v) is 6.41. The van der Waals surface area contributed by atoms with Crippen molar-refractivity contribution in [2.75, 3.05) is 35.0 Å². The van der Waals surface area contributed by atoms with E-state index >= 15 is 0 Å². The van der Waals surface area contributed by atoms with Crippen LogP contribution in [0.1, 0.15) is 29.8 Å². The van der Waals surface area contributed by atoms with Crippen molar-refractivity contribution in [2.45, 2.75) is 26.3 Å². The summed E-state index contributed by atoms with van der Waals surface area (Å²) < 4.78 is 26.9. The minimum Gasteiger partial charge on any atom is -0.497 e. The Balaban J connectivity index is 2.21. The van der Waals surface area contributed by atoms with E-state index in [4.69, 9.17) is 23.7 Å². The molecule has 7 heteroatoms. The van der Waals surface area contributed by atoms with Gasteiger partial charge in [0.1, 0.15) is 5.75 Å². The van der Waals surface area contributed by atoms with Crippen LogP contribution in [0.5, 0.6) is 28.7 Å². The third-order valence-electron chi connectivity index (χ3n) is 4.38. The number of benzene rings is 2. The molecular weight excluding hydrogens is 374 g/mol. The third-order valence-corrected chi connectivity index (χ3v) is 4.38. The number of carbonyl (C=O) groups is 1. The molecule has 1 N–H and O–H groups in total. The van der Waals surface area contributed by atoms with Crippen LogP contribution in [0.2, 0.25) is 0 Å². The van der Waals surface area contributed by atoms with Gasteiger partial charge in [-0.25, -0.2) is 0 Å². The van der Waals surface area contributed by atoms with Gasteiger partial charge in [-0.15, -0.1) is 0 Å². The Morgan fingerprint density at radius 3 is 2.21 bits per heavy atom. The van der Waals surface area contributed by atoms with Gasteiger partial charge in [0, 0.05) is 12.1 Å². The van der Waals surface area contributed by atoms with E-state index < -0.39 is 0 Å². The van der Waals surface area contributed by atoms with Crippen LogP contribution in [0, 0.1) is 0 Å². The van der Waals surface area contributed by atoms with Crippen LogP contribution < -0.4 is 29.0 Å². The van der Waals surface area contributed by atoms with Gasteiger partial charge in [-0.3, -0.25) is 4.79 Å². The number of methoxy groups -OCH3 is 4. The molecule has 0 heterocycles. The van der Waals surface area contributed by atoms with Gasteiger partial charge in [-0.05, 0) is 44.0 Å². The highest BCUT2D eigenvalue weighted by atomic mass is 16.5. The molecule has 0 saturated heterocycles. The van der Waals surface area contributed by atoms with Crippen molar-refractivity contribution in [1.82, 2.24) is 5.32 Å². The van der Waals surface area contributed by atoms with Crippen LogP contribution in [0.3, 0.4) is 0 Å². The molecule has 0 radical (unpaired) electrons. The van der Waals surface area contributed by atoms with Gasteiger partial charge in [-0.1, -0.05) is 6.07 Å². The molecule has 0 bridgehead atoms. The van der Waals surface area contributed by atoms with E-state index in [1.807, 2.05) is 32.0 Å². The smallest absolute Gasteiger partial charge is 0.255 e. The van der Waals surface area contributed by atoms with Crippen molar-refractivity contribution in [3.8, 4) is 28.7 Å². The molecule has 0 aliphatic carbocycles. The number of nitrogens with one attached hydrogen (secondary N) is 1. The Kier molecular flexibility index (Phi) is 8.00. The number of rotatable bonds is 10. The van der Waals surface area contributed by atoms with Crippen molar-refractivity contribution in [2.24, 2.45) is 0 Å². The Morgan fingerprint density at radius 2 is 1.62 bits per heavy atom. The maximum Gasteiger partial charge on any atom is 0.255 e. The molecule has 0 fully saturated rings. The maximum absolute atomic E-state index is 13.0. The quantitative estimate of drug-likeness (QED) is 0.655. The van der Waals surface area contributed by atoms with Crippen LogP contribution >= 0.6 is 0 Å². The molecule has 29 heavy (non-hydrogen) atoms. The van der Waals surface area contributed by atoms with Crippen LogP contribution in [-0.2, 0) is 6.42 Å². The largest absolute Gasteiger partial charge is 0.497 e. The molecule has 0 aliphatic rings. The highest BCUT2D eigenvalue weighted by Crippen LogP contribution is 2.36.